The number of carbonyl (C=O) groups is 2. The van der Waals surface area contributed by atoms with E-state index in [1.165, 1.54) is 42.5 Å². The van der Waals surface area contributed by atoms with Gasteiger partial charge in [0.05, 0.1) is 18.0 Å². The first-order chi connectivity index (χ1) is 15.1. The number of amides is 1. The largest absolute Gasteiger partial charge is 0.325 e. The number of sulfonamides is 1. The monoisotopic (exact) mass is 474 g/mol. The van der Waals surface area contributed by atoms with Gasteiger partial charge in [-0.3, -0.25) is 9.59 Å². The Bertz CT molecular complexity index is 1230. The van der Waals surface area contributed by atoms with Gasteiger partial charge in [0.25, 0.3) is 0 Å². The number of rotatable bonds is 8. The van der Waals surface area contributed by atoms with Crippen molar-refractivity contribution in [3.05, 3.63) is 100 Å². The van der Waals surface area contributed by atoms with Crippen molar-refractivity contribution in [2.75, 3.05) is 11.6 Å². The lowest BCUT2D eigenvalue weighted by Crippen LogP contribution is -2.31. The maximum Gasteiger partial charge on any atom is 0.226 e. The second kappa shape index (κ2) is 10.0. The second-order valence-electron chi connectivity index (χ2n) is 7.13. The fraction of sp³-hybridized carbons (Fsp3) is 0.130. The van der Waals surface area contributed by atoms with Gasteiger partial charge in [0.2, 0.25) is 15.9 Å². The highest BCUT2D eigenvalue weighted by Crippen LogP contribution is 2.25. The van der Waals surface area contributed by atoms with E-state index in [2.05, 4.69) is 10.0 Å². The molecule has 0 aliphatic carbocycles. The number of ketones is 1. The normalized spacial score (nSPS) is 12.2. The zero-order valence-electron chi connectivity index (χ0n) is 17.0. The van der Waals surface area contributed by atoms with E-state index < -0.39 is 27.8 Å². The summed E-state index contributed by atoms with van der Waals surface area (Å²) in [4.78, 5) is 25.7. The van der Waals surface area contributed by atoms with Crippen LogP contribution < -0.4 is 10.0 Å². The molecule has 0 saturated carbocycles. The van der Waals surface area contributed by atoms with Gasteiger partial charge >= 0.3 is 0 Å². The maximum atomic E-state index is 13.3. The summed E-state index contributed by atoms with van der Waals surface area (Å²) in [6, 6.07) is 17.3. The van der Waals surface area contributed by atoms with Crippen LogP contribution >= 0.6 is 11.6 Å². The number of carbonyl (C=O) groups excluding carboxylic acids is 2. The lowest BCUT2D eigenvalue weighted by Gasteiger charge is -2.18. The quantitative estimate of drug-likeness (QED) is 0.475. The van der Waals surface area contributed by atoms with Gasteiger partial charge in [-0.1, -0.05) is 54.1 Å². The summed E-state index contributed by atoms with van der Waals surface area (Å²) in [5.41, 5.74) is 1.29. The van der Waals surface area contributed by atoms with E-state index in [1.807, 2.05) is 0 Å². The Kier molecular flexibility index (Phi) is 7.40. The molecule has 0 fully saturated rings. The molecule has 1 amide bonds. The first kappa shape index (κ1) is 23.6. The number of nitrogens with one attached hydrogen (secondary N) is 2. The minimum absolute atomic E-state index is 0.200. The molecule has 0 bridgehead atoms. The van der Waals surface area contributed by atoms with Crippen LogP contribution in [0, 0.1) is 5.82 Å². The molecule has 166 valence electrons. The SMILES string of the molecule is CS(=O)(=O)N[C@@H](CC(=O)Nc1ccc(Cl)cc1C(=O)c1ccccc1)c1ccc(F)cc1. The van der Waals surface area contributed by atoms with Crippen LogP contribution in [-0.4, -0.2) is 26.4 Å². The lowest BCUT2D eigenvalue weighted by atomic mass is 10.0. The average Bonchev–Trinajstić information content (AvgIpc) is 2.74. The molecule has 2 N–H and O–H groups in total. The third-order valence-corrected chi connectivity index (χ3v) is 5.50. The Hall–Kier alpha value is -3.07. The van der Waals surface area contributed by atoms with Crippen LogP contribution in [0.4, 0.5) is 10.1 Å². The van der Waals surface area contributed by atoms with Crippen LogP contribution in [0.2, 0.25) is 5.02 Å². The number of halogens is 2. The smallest absolute Gasteiger partial charge is 0.226 e. The summed E-state index contributed by atoms with van der Waals surface area (Å²) in [5, 5.41) is 2.98. The van der Waals surface area contributed by atoms with E-state index in [0.717, 1.165) is 6.26 Å². The average molecular weight is 475 g/mol. The minimum Gasteiger partial charge on any atom is -0.325 e. The molecule has 0 aromatic heterocycles. The molecule has 3 aromatic rings. The molecule has 9 heteroatoms. The van der Waals surface area contributed by atoms with E-state index in [1.54, 1.807) is 30.3 Å². The summed E-state index contributed by atoms with van der Waals surface area (Å²) in [6.45, 7) is 0. The van der Waals surface area contributed by atoms with E-state index in [-0.39, 0.29) is 23.5 Å². The Morgan fingerprint density at radius 1 is 1.00 bits per heavy atom. The van der Waals surface area contributed by atoms with Crippen LogP contribution in [-0.2, 0) is 14.8 Å². The number of hydrogen-bond donors (Lipinski definition) is 2. The molecule has 32 heavy (non-hydrogen) atoms. The number of benzene rings is 3. The van der Waals surface area contributed by atoms with Crippen molar-refractivity contribution >= 4 is 39.0 Å². The predicted octanol–water partition coefficient (Wildman–Crippen LogP) is 4.33. The van der Waals surface area contributed by atoms with Crippen molar-refractivity contribution in [1.82, 2.24) is 4.72 Å². The molecular formula is C23H20ClFN2O4S. The Morgan fingerprint density at radius 2 is 1.66 bits per heavy atom. The van der Waals surface area contributed by atoms with Crippen molar-refractivity contribution < 1.29 is 22.4 Å². The third kappa shape index (κ3) is 6.46. The standard InChI is InChI=1S/C23H20ClFN2O4S/c1-32(30,31)27-21(15-7-10-18(25)11-8-15)14-22(28)26-20-12-9-17(24)13-19(20)23(29)16-5-3-2-4-6-16/h2-13,21,27H,14H2,1H3,(H,26,28)/t21-/m0/s1. The zero-order chi connectivity index (χ0) is 23.3. The summed E-state index contributed by atoms with van der Waals surface area (Å²) in [7, 11) is -3.66. The zero-order valence-corrected chi connectivity index (χ0v) is 18.6. The van der Waals surface area contributed by atoms with Gasteiger partial charge in [-0.2, -0.15) is 0 Å². The van der Waals surface area contributed by atoms with Crippen LogP contribution in [0.15, 0.2) is 72.8 Å². The molecule has 3 aromatic carbocycles. The van der Waals surface area contributed by atoms with E-state index in [9.17, 15) is 22.4 Å². The van der Waals surface area contributed by atoms with Crippen LogP contribution in [0.3, 0.4) is 0 Å². The second-order valence-corrected chi connectivity index (χ2v) is 9.35. The molecule has 0 unspecified atom stereocenters. The fourth-order valence-electron chi connectivity index (χ4n) is 3.13. The van der Waals surface area contributed by atoms with Crippen molar-refractivity contribution in [3.63, 3.8) is 0 Å². The predicted molar refractivity (Wildman–Crippen MR) is 122 cm³/mol. The van der Waals surface area contributed by atoms with Gasteiger partial charge in [-0.05, 0) is 35.9 Å². The third-order valence-electron chi connectivity index (χ3n) is 4.55. The van der Waals surface area contributed by atoms with Crippen molar-refractivity contribution in [2.45, 2.75) is 12.5 Å². The highest BCUT2D eigenvalue weighted by Gasteiger charge is 2.22. The molecule has 6 nitrogen and oxygen atoms in total. The molecule has 0 aliphatic heterocycles. The van der Waals surface area contributed by atoms with Crippen LogP contribution in [0.5, 0.6) is 0 Å². The molecule has 0 saturated heterocycles. The molecule has 0 aliphatic rings. The topological polar surface area (TPSA) is 92.3 Å². The van der Waals surface area contributed by atoms with Crippen molar-refractivity contribution in [2.24, 2.45) is 0 Å². The molecule has 3 rings (SSSR count). The van der Waals surface area contributed by atoms with E-state index in [4.69, 9.17) is 11.6 Å². The summed E-state index contributed by atoms with van der Waals surface area (Å²) in [5.74, 6) is -1.35. The van der Waals surface area contributed by atoms with E-state index >= 15 is 0 Å². The van der Waals surface area contributed by atoms with Gasteiger partial charge in [-0.25, -0.2) is 17.5 Å². The maximum absolute atomic E-state index is 13.3. The molecule has 1 atom stereocenters. The van der Waals surface area contributed by atoms with Gasteiger partial charge in [0.15, 0.2) is 5.78 Å². The lowest BCUT2D eigenvalue weighted by molar-refractivity contribution is -0.116. The van der Waals surface area contributed by atoms with E-state index in [0.29, 0.717) is 16.1 Å². The molecule has 0 spiro atoms. The molecule has 0 radical (unpaired) electrons. The highest BCUT2D eigenvalue weighted by atomic mass is 35.5. The minimum atomic E-state index is -3.66. The fourth-order valence-corrected chi connectivity index (χ4v) is 4.03. The van der Waals surface area contributed by atoms with Crippen molar-refractivity contribution in [3.8, 4) is 0 Å². The summed E-state index contributed by atoms with van der Waals surface area (Å²) < 4.78 is 39.2. The Morgan fingerprint density at radius 3 is 2.28 bits per heavy atom. The summed E-state index contributed by atoms with van der Waals surface area (Å²) >= 11 is 6.06. The van der Waals surface area contributed by atoms with Gasteiger partial charge < -0.3 is 5.32 Å². The Labute approximate surface area is 190 Å². The van der Waals surface area contributed by atoms with Gasteiger partial charge in [0, 0.05) is 22.6 Å². The van der Waals surface area contributed by atoms with Crippen LogP contribution in [0.25, 0.3) is 0 Å². The molecular weight excluding hydrogens is 455 g/mol. The highest BCUT2D eigenvalue weighted by molar-refractivity contribution is 7.88. The van der Waals surface area contributed by atoms with Gasteiger partial charge in [0.1, 0.15) is 5.82 Å². The van der Waals surface area contributed by atoms with Crippen LogP contribution in [0.1, 0.15) is 33.9 Å². The number of hydrogen-bond acceptors (Lipinski definition) is 4. The first-order valence-corrected chi connectivity index (χ1v) is 11.8. The first-order valence-electron chi connectivity index (χ1n) is 9.54. The Balaban J connectivity index is 1.85. The van der Waals surface area contributed by atoms with Crippen molar-refractivity contribution in [1.29, 1.82) is 0 Å². The molecule has 0 heterocycles. The summed E-state index contributed by atoms with van der Waals surface area (Å²) in [6.07, 6.45) is 0.692. The number of anilines is 1. The van der Waals surface area contributed by atoms with Gasteiger partial charge in [-0.15, -0.1) is 0 Å².